The van der Waals surface area contributed by atoms with E-state index in [1.54, 1.807) is 48.5 Å². The van der Waals surface area contributed by atoms with Crippen LogP contribution in [0.5, 0.6) is 0 Å². The van der Waals surface area contributed by atoms with Gasteiger partial charge in [0, 0.05) is 11.1 Å². The zero-order valence-corrected chi connectivity index (χ0v) is 18.5. The van der Waals surface area contributed by atoms with E-state index in [0.717, 1.165) is 5.56 Å². The Labute approximate surface area is 196 Å². The number of esters is 1. The Balaban J connectivity index is 1.72. The van der Waals surface area contributed by atoms with Crippen LogP contribution in [0.1, 0.15) is 17.2 Å². The molecule has 0 bridgehead atoms. The fourth-order valence-corrected chi connectivity index (χ4v) is 5.26. The van der Waals surface area contributed by atoms with Gasteiger partial charge in [0.25, 0.3) is 0 Å². The molecule has 2 aliphatic rings. The van der Waals surface area contributed by atoms with Gasteiger partial charge in [-0.25, -0.2) is 9.69 Å². The number of carbonyl (C=O) groups excluding carboxylic acids is 3. The molecule has 0 spiro atoms. The van der Waals surface area contributed by atoms with Gasteiger partial charge in [0.1, 0.15) is 0 Å². The second-order valence-corrected chi connectivity index (χ2v) is 8.63. The fraction of sp³-hybridized carbons (Fsp3) is 0.192. The summed E-state index contributed by atoms with van der Waals surface area (Å²) in [6, 6.07) is 24.3. The van der Waals surface area contributed by atoms with E-state index in [9.17, 15) is 14.4 Å². The van der Waals surface area contributed by atoms with E-state index < -0.39 is 35.3 Å². The SMILES string of the molecule is COC(=O)[C@]1(c2ccccc2)N[C@H](c2ccccc2)[C@H]2C(=O)N(c3ccc(Cl)cc3)C(=O)[C@@H]21. The van der Waals surface area contributed by atoms with Crippen molar-refractivity contribution in [3.63, 3.8) is 0 Å². The molecule has 0 unspecified atom stereocenters. The van der Waals surface area contributed by atoms with Gasteiger partial charge in [-0.3, -0.25) is 14.9 Å². The number of halogens is 1. The Hall–Kier alpha value is -3.48. The number of hydrogen-bond donors (Lipinski definition) is 1. The number of carbonyl (C=O) groups is 3. The highest BCUT2D eigenvalue weighted by atomic mass is 35.5. The molecule has 3 aromatic rings. The lowest BCUT2D eigenvalue weighted by molar-refractivity contribution is -0.152. The minimum absolute atomic E-state index is 0.365. The van der Waals surface area contributed by atoms with Crippen LogP contribution < -0.4 is 10.2 Å². The summed E-state index contributed by atoms with van der Waals surface area (Å²) in [4.78, 5) is 42.3. The van der Waals surface area contributed by atoms with Crippen molar-refractivity contribution in [2.75, 3.05) is 12.0 Å². The molecule has 3 aromatic carbocycles. The Bertz CT molecular complexity index is 1220. The van der Waals surface area contributed by atoms with Crippen LogP contribution in [0.3, 0.4) is 0 Å². The van der Waals surface area contributed by atoms with Crippen molar-refractivity contribution in [3.8, 4) is 0 Å². The van der Waals surface area contributed by atoms with Crippen molar-refractivity contribution >= 4 is 35.1 Å². The summed E-state index contributed by atoms with van der Waals surface area (Å²) in [6.45, 7) is 0. The lowest BCUT2D eigenvalue weighted by atomic mass is 9.75. The predicted molar refractivity (Wildman–Crippen MR) is 123 cm³/mol. The quantitative estimate of drug-likeness (QED) is 0.472. The second kappa shape index (κ2) is 8.14. The number of amides is 2. The number of benzene rings is 3. The van der Waals surface area contributed by atoms with Gasteiger partial charge in [-0.1, -0.05) is 72.3 Å². The van der Waals surface area contributed by atoms with Gasteiger partial charge in [0.05, 0.1) is 24.6 Å². The minimum Gasteiger partial charge on any atom is -0.467 e. The maximum atomic E-state index is 13.9. The molecule has 33 heavy (non-hydrogen) atoms. The molecule has 2 heterocycles. The van der Waals surface area contributed by atoms with Gasteiger partial charge < -0.3 is 4.74 Å². The smallest absolute Gasteiger partial charge is 0.331 e. The van der Waals surface area contributed by atoms with E-state index in [0.29, 0.717) is 16.3 Å². The minimum atomic E-state index is -1.52. The Morgan fingerprint density at radius 2 is 1.52 bits per heavy atom. The summed E-state index contributed by atoms with van der Waals surface area (Å²) in [5, 5.41) is 3.86. The second-order valence-electron chi connectivity index (χ2n) is 8.19. The summed E-state index contributed by atoms with van der Waals surface area (Å²) in [5.74, 6) is -3.21. The van der Waals surface area contributed by atoms with E-state index >= 15 is 0 Å². The van der Waals surface area contributed by atoms with Crippen molar-refractivity contribution < 1.29 is 19.1 Å². The highest BCUT2D eigenvalue weighted by molar-refractivity contribution is 6.31. The van der Waals surface area contributed by atoms with Crippen LogP contribution in [0.2, 0.25) is 5.02 Å². The summed E-state index contributed by atoms with van der Waals surface area (Å²) in [6.07, 6.45) is 0. The third kappa shape index (κ3) is 3.17. The molecule has 2 aliphatic heterocycles. The van der Waals surface area contributed by atoms with Crippen LogP contribution in [-0.2, 0) is 24.7 Å². The van der Waals surface area contributed by atoms with Crippen LogP contribution in [-0.4, -0.2) is 24.9 Å². The number of nitrogens with zero attached hydrogens (tertiary/aromatic N) is 1. The number of rotatable bonds is 4. The molecule has 7 heteroatoms. The summed E-state index contributed by atoms with van der Waals surface area (Å²) >= 11 is 6.02. The number of imide groups is 1. The lowest BCUT2D eigenvalue weighted by Gasteiger charge is -2.33. The molecule has 166 valence electrons. The van der Waals surface area contributed by atoms with Gasteiger partial charge in [-0.15, -0.1) is 0 Å². The first-order valence-electron chi connectivity index (χ1n) is 10.6. The molecule has 0 radical (unpaired) electrons. The molecule has 0 aromatic heterocycles. The molecule has 0 aliphatic carbocycles. The Morgan fingerprint density at radius 1 is 0.909 bits per heavy atom. The Kier molecular flexibility index (Phi) is 5.27. The summed E-state index contributed by atoms with van der Waals surface area (Å²) in [7, 11) is 1.29. The molecule has 2 saturated heterocycles. The average Bonchev–Trinajstić information content (AvgIpc) is 3.35. The van der Waals surface area contributed by atoms with E-state index in [-0.39, 0.29) is 5.91 Å². The van der Waals surface area contributed by atoms with E-state index in [1.807, 2.05) is 36.4 Å². The maximum Gasteiger partial charge on any atom is 0.331 e. The van der Waals surface area contributed by atoms with Gasteiger partial charge >= 0.3 is 5.97 Å². The third-order valence-electron chi connectivity index (χ3n) is 6.54. The predicted octanol–water partition coefficient (Wildman–Crippen LogP) is 3.86. The zero-order valence-electron chi connectivity index (χ0n) is 17.8. The van der Waals surface area contributed by atoms with E-state index in [1.165, 1.54) is 12.0 Å². The molecule has 5 rings (SSSR count). The molecule has 0 saturated carbocycles. The number of ether oxygens (including phenoxy) is 1. The maximum absolute atomic E-state index is 13.9. The number of nitrogens with one attached hydrogen (secondary N) is 1. The lowest BCUT2D eigenvalue weighted by Crippen LogP contribution is -2.53. The topological polar surface area (TPSA) is 75.7 Å². The first kappa shape index (κ1) is 21.4. The first-order chi connectivity index (χ1) is 16.0. The normalized spacial score (nSPS) is 26.4. The number of methoxy groups -OCH3 is 1. The van der Waals surface area contributed by atoms with Crippen molar-refractivity contribution in [2.24, 2.45) is 11.8 Å². The van der Waals surface area contributed by atoms with Gasteiger partial charge in [-0.2, -0.15) is 0 Å². The molecule has 6 nitrogen and oxygen atoms in total. The standard InChI is InChI=1S/C26H21ClN2O4/c1-33-25(32)26(17-10-6-3-7-11-17)21-20(22(28-26)16-8-4-2-5-9-16)23(30)29(24(21)31)19-14-12-18(27)13-15-19/h2-15,20-22,28H,1H3/t20-,21+,22+,26+/m0/s1. The van der Waals surface area contributed by atoms with Crippen LogP contribution in [0.15, 0.2) is 84.9 Å². The van der Waals surface area contributed by atoms with Crippen molar-refractivity contribution in [3.05, 3.63) is 101 Å². The van der Waals surface area contributed by atoms with Gasteiger partial charge in [-0.05, 0) is 35.4 Å². The third-order valence-corrected chi connectivity index (χ3v) is 6.79. The highest BCUT2D eigenvalue weighted by Gasteiger charge is 2.69. The van der Waals surface area contributed by atoms with Crippen LogP contribution >= 0.6 is 11.6 Å². The molecule has 4 atom stereocenters. The molecule has 2 fully saturated rings. The van der Waals surface area contributed by atoms with Crippen molar-refractivity contribution in [2.45, 2.75) is 11.6 Å². The van der Waals surface area contributed by atoms with Gasteiger partial charge in [0.2, 0.25) is 11.8 Å². The largest absolute Gasteiger partial charge is 0.467 e. The highest BCUT2D eigenvalue weighted by Crippen LogP contribution is 2.54. The average molecular weight is 461 g/mol. The fourth-order valence-electron chi connectivity index (χ4n) is 5.13. The van der Waals surface area contributed by atoms with E-state index in [4.69, 9.17) is 16.3 Å². The van der Waals surface area contributed by atoms with Crippen LogP contribution in [0.25, 0.3) is 0 Å². The summed E-state index contributed by atoms with van der Waals surface area (Å²) in [5.41, 5.74) is 0.287. The molecule has 1 N–H and O–H groups in total. The monoisotopic (exact) mass is 460 g/mol. The van der Waals surface area contributed by atoms with Crippen molar-refractivity contribution in [1.82, 2.24) is 5.32 Å². The molecular weight excluding hydrogens is 440 g/mol. The Morgan fingerprint density at radius 3 is 2.12 bits per heavy atom. The van der Waals surface area contributed by atoms with Crippen LogP contribution in [0, 0.1) is 11.8 Å². The zero-order chi connectivity index (χ0) is 23.2. The van der Waals surface area contributed by atoms with Crippen molar-refractivity contribution in [1.29, 1.82) is 0 Å². The number of fused-ring (bicyclic) bond motifs is 1. The molecule has 2 amide bonds. The first-order valence-corrected chi connectivity index (χ1v) is 11.0. The van der Waals surface area contributed by atoms with Gasteiger partial charge in [0.15, 0.2) is 5.54 Å². The summed E-state index contributed by atoms with van der Waals surface area (Å²) < 4.78 is 5.22. The molecular formula is C26H21ClN2O4. The van der Waals surface area contributed by atoms with E-state index in [2.05, 4.69) is 5.32 Å². The number of anilines is 1. The number of hydrogen-bond acceptors (Lipinski definition) is 5. The van der Waals surface area contributed by atoms with Crippen LogP contribution in [0.4, 0.5) is 5.69 Å².